The molecule has 0 spiro atoms. The van der Waals surface area contributed by atoms with E-state index in [9.17, 15) is 10.4 Å². The molecule has 3 aromatic rings. The molecule has 2 atom stereocenters. The Morgan fingerprint density at radius 2 is 1.70 bits per heavy atom. The van der Waals surface area contributed by atoms with Gasteiger partial charge in [-0.1, -0.05) is 45.0 Å². The van der Waals surface area contributed by atoms with Crippen LogP contribution in [0.2, 0.25) is 0 Å². The number of nitrogens with one attached hydrogen (secondary N) is 2. The van der Waals surface area contributed by atoms with Gasteiger partial charge in [0.25, 0.3) is 0 Å². The molecule has 2 aromatic carbocycles. The quantitative estimate of drug-likeness (QED) is 0.309. The van der Waals surface area contributed by atoms with E-state index in [-0.39, 0.29) is 11.8 Å². The van der Waals surface area contributed by atoms with Crippen molar-refractivity contribution in [2.45, 2.75) is 33.7 Å². The molecule has 0 saturated carbocycles. The lowest BCUT2D eigenvalue weighted by molar-refractivity contribution is 0.333. The number of allylic oxidation sites excluding steroid dienone is 2. The molecular formula is C28H32N4O. The number of para-hydroxylation sites is 1. The summed E-state index contributed by atoms with van der Waals surface area (Å²) < 4.78 is 0. The molecule has 0 saturated heterocycles. The highest BCUT2D eigenvalue weighted by Gasteiger charge is 2.19. The van der Waals surface area contributed by atoms with Gasteiger partial charge in [-0.3, -0.25) is 0 Å². The first-order chi connectivity index (χ1) is 15.8. The third kappa shape index (κ3) is 5.72. The molecule has 1 aromatic heterocycles. The fourth-order valence-electron chi connectivity index (χ4n) is 3.69. The second-order valence-corrected chi connectivity index (χ2v) is 8.68. The zero-order valence-electron chi connectivity index (χ0n) is 19.9. The van der Waals surface area contributed by atoms with Crippen molar-refractivity contribution < 1.29 is 5.11 Å². The summed E-state index contributed by atoms with van der Waals surface area (Å²) >= 11 is 0. The molecule has 0 fully saturated rings. The Labute approximate surface area is 196 Å². The van der Waals surface area contributed by atoms with Crippen molar-refractivity contribution in [2.75, 3.05) is 7.05 Å². The molecule has 1 unspecified atom stereocenters. The lowest BCUT2D eigenvalue weighted by atomic mass is 9.91. The standard InChI is InChI=1S/C28H32N4O/c1-18(2)19(3)20(4)31-28(16-27(30-5)22-10-13-23(33)14-11-22)24(17-29)26-15-12-21-8-6-7-9-25(21)32-26/h6-16,18-20,30-31,33H,1-5H3/b27-16+,28-24-/t19-,20?/m1/s1. The maximum Gasteiger partial charge on any atom is 0.115 e. The molecule has 0 radical (unpaired) electrons. The van der Waals surface area contributed by atoms with Crippen molar-refractivity contribution in [3.63, 3.8) is 0 Å². The van der Waals surface area contributed by atoms with E-state index < -0.39 is 0 Å². The molecule has 0 amide bonds. The second-order valence-electron chi connectivity index (χ2n) is 8.68. The molecule has 170 valence electrons. The largest absolute Gasteiger partial charge is 0.508 e. The maximum absolute atomic E-state index is 10.2. The first-order valence-electron chi connectivity index (χ1n) is 11.3. The minimum absolute atomic E-state index is 0.137. The molecule has 1 heterocycles. The van der Waals surface area contributed by atoms with Crippen LogP contribution in [0.4, 0.5) is 0 Å². The van der Waals surface area contributed by atoms with Crippen molar-refractivity contribution >= 4 is 22.2 Å². The number of nitrogens with zero attached hydrogens (tertiary/aromatic N) is 2. The summed E-state index contributed by atoms with van der Waals surface area (Å²) in [6.07, 6.45) is 1.95. The Morgan fingerprint density at radius 3 is 2.33 bits per heavy atom. The number of fused-ring (bicyclic) bond motifs is 1. The van der Waals surface area contributed by atoms with Gasteiger partial charge in [-0.2, -0.15) is 5.26 Å². The fraction of sp³-hybridized carbons (Fsp3) is 0.286. The summed E-state index contributed by atoms with van der Waals surface area (Å²) in [5.74, 6) is 1.09. The molecule has 33 heavy (non-hydrogen) atoms. The van der Waals surface area contributed by atoms with Crippen molar-refractivity contribution in [2.24, 2.45) is 11.8 Å². The number of rotatable bonds is 8. The van der Waals surface area contributed by atoms with Crippen LogP contribution in [0.1, 0.15) is 39.0 Å². The molecule has 3 rings (SSSR count). The summed E-state index contributed by atoms with van der Waals surface area (Å²) in [5.41, 5.74) is 4.40. The first kappa shape index (κ1) is 23.9. The van der Waals surface area contributed by atoms with E-state index in [0.29, 0.717) is 28.8 Å². The van der Waals surface area contributed by atoms with Gasteiger partial charge in [0.2, 0.25) is 0 Å². The summed E-state index contributed by atoms with van der Waals surface area (Å²) in [7, 11) is 1.84. The predicted molar refractivity (Wildman–Crippen MR) is 136 cm³/mol. The Bertz CT molecular complexity index is 1200. The van der Waals surface area contributed by atoms with E-state index in [1.54, 1.807) is 12.1 Å². The third-order valence-corrected chi connectivity index (χ3v) is 6.20. The van der Waals surface area contributed by atoms with Gasteiger partial charge < -0.3 is 15.7 Å². The number of aromatic nitrogens is 1. The molecule has 0 aliphatic carbocycles. The van der Waals surface area contributed by atoms with Gasteiger partial charge in [0, 0.05) is 24.2 Å². The Balaban J connectivity index is 2.16. The van der Waals surface area contributed by atoms with Crippen LogP contribution in [-0.4, -0.2) is 23.2 Å². The van der Waals surface area contributed by atoms with Gasteiger partial charge in [0.15, 0.2) is 0 Å². The van der Waals surface area contributed by atoms with E-state index in [4.69, 9.17) is 4.98 Å². The Morgan fingerprint density at radius 1 is 1.00 bits per heavy atom. The van der Waals surface area contributed by atoms with Crippen molar-refractivity contribution in [3.05, 3.63) is 83.7 Å². The van der Waals surface area contributed by atoms with Gasteiger partial charge in [-0.15, -0.1) is 0 Å². The van der Waals surface area contributed by atoms with E-state index in [0.717, 1.165) is 22.2 Å². The SMILES string of the molecule is CN/C(=C/C(NC(C)[C@H](C)C(C)C)=C(\C#N)c1ccc2ccccc2n1)c1ccc(O)cc1. The smallest absolute Gasteiger partial charge is 0.115 e. The maximum atomic E-state index is 10.2. The van der Waals surface area contributed by atoms with E-state index in [1.165, 1.54) is 0 Å². The molecule has 0 aliphatic rings. The third-order valence-electron chi connectivity index (χ3n) is 6.20. The van der Waals surface area contributed by atoms with Gasteiger partial charge in [-0.05, 0) is 66.8 Å². The molecule has 5 heteroatoms. The van der Waals surface area contributed by atoms with Gasteiger partial charge in [-0.25, -0.2) is 4.98 Å². The number of pyridine rings is 1. The van der Waals surface area contributed by atoms with Crippen molar-refractivity contribution in [1.29, 1.82) is 5.26 Å². The van der Waals surface area contributed by atoms with Gasteiger partial charge >= 0.3 is 0 Å². The summed E-state index contributed by atoms with van der Waals surface area (Å²) in [4.78, 5) is 4.77. The monoisotopic (exact) mass is 440 g/mol. The van der Waals surface area contributed by atoms with Crippen LogP contribution >= 0.6 is 0 Å². The van der Waals surface area contributed by atoms with E-state index >= 15 is 0 Å². The first-order valence-corrected chi connectivity index (χ1v) is 11.3. The summed E-state index contributed by atoms with van der Waals surface area (Å²) in [6, 6.07) is 21.3. The number of phenols is 1. The Kier molecular flexibility index (Phi) is 7.74. The number of hydrogen-bond donors (Lipinski definition) is 3. The van der Waals surface area contributed by atoms with Gasteiger partial charge in [0.05, 0.1) is 16.9 Å². The molecule has 0 bridgehead atoms. The van der Waals surface area contributed by atoms with Crippen LogP contribution in [-0.2, 0) is 0 Å². The number of phenolic OH excluding ortho intramolecular Hbond substituents is 1. The number of hydrogen-bond acceptors (Lipinski definition) is 5. The van der Waals surface area contributed by atoms with Crippen LogP contribution in [0.5, 0.6) is 5.75 Å². The average Bonchev–Trinajstić information content (AvgIpc) is 2.82. The summed E-state index contributed by atoms with van der Waals surface area (Å²) in [5, 5.41) is 27.7. The minimum Gasteiger partial charge on any atom is -0.508 e. The van der Waals surface area contributed by atoms with Crippen molar-refractivity contribution in [1.82, 2.24) is 15.6 Å². The highest BCUT2D eigenvalue weighted by Crippen LogP contribution is 2.25. The molecule has 0 aliphatic heterocycles. The van der Waals surface area contributed by atoms with Crippen LogP contribution < -0.4 is 10.6 Å². The van der Waals surface area contributed by atoms with Crippen LogP contribution in [0.3, 0.4) is 0 Å². The fourth-order valence-corrected chi connectivity index (χ4v) is 3.69. The molecule has 3 N–H and O–H groups in total. The van der Waals surface area contributed by atoms with E-state index in [2.05, 4.69) is 44.4 Å². The normalized spacial score (nSPS) is 14.4. The summed E-state index contributed by atoms with van der Waals surface area (Å²) in [6.45, 7) is 8.76. The molecular weight excluding hydrogens is 408 g/mol. The lowest BCUT2D eigenvalue weighted by Gasteiger charge is -2.27. The van der Waals surface area contributed by atoms with Crippen LogP contribution in [0, 0.1) is 23.2 Å². The van der Waals surface area contributed by atoms with Crippen LogP contribution in [0.15, 0.2) is 72.4 Å². The number of benzene rings is 2. The minimum atomic E-state index is 0.137. The lowest BCUT2D eigenvalue weighted by Crippen LogP contribution is -2.34. The number of nitriles is 1. The van der Waals surface area contributed by atoms with E-state index in [1.807, 2.05) is 61.7 Å². The topological polar surface area (TPSA) is 81.0 Å². The van der Waals surface area contributed by atoms with Gasteiger partial charge in [0.1, 0.15) is 17.4 Å². The van der Waals surface area contributed by atoms with Crippen molar-refractivity contribution in [3.8, 4) is 11.8 Å². The molecule has 5 nitrogen and oxygen atoms in total. The zero-order valence-corrected chi connectivity index (χ0v) is 19.9. The van der Waals surface area contributed by atoms with Crippen LogP contribution in [0.25, 0.3) is 22.2 Å². The highest BCUT2D eigenvalue weighted by atomic mass is 16.3. The number of aromatic hydroxyl groups is 1. The zero-order chi connectivity index (χ0) is 24.0. The Hall–Kier alpha value is -3.78. The predicted octanol–water partition coefficient (Wildman–Crippen LogP) is 5.71. The highest BCUT2D eigenvalue weighted by molar-refractivity contribution is 5.86. The average molecular weight is 441 g/mol. The second kappa shape index (κ2) is 10.7.